The molecule has 0 saturated heterocycles. The molecule has 0 aliphatic rings. The fourth-order valence-electron chi connectivity index (χ4n) is 2.76. The van der Waals surface area contributed by atoms with Gasteiger partial charge < -0.3 is 19.3 Å². The number of benzene rings is 2. The van der Waals surface area contributed by atoms with E-state index in [1.54, 1.807) is 56.6 Å². The predicted octanol–water partition coefficient (Wildman–Crippen LogP) is 2.53. The van der Waals surface area contributed by atoms with Crippen LogP contribution in [0, 0.1) is 0 Å². The first-order chi connectivity index (χ1) is 12.0. The molecule has 3 rings (SSSR count). The van der Waals surface area contributed by atoms with E-state index in [1.165, 1.54) is 16.6 Å². The number of anilines is 1. The molecule has 6 nitrogen and oxygen atoms in total. The van der Waals surface area contributed by atoms with E-state index in [2.05, 4.69) is 0 Å². The van der Waals surface area contributed by atoms with Gasteiger partial charge in [-0.15, -0.1) is 0 Å². The number of aryl methyl sites for hydroxylation is 1. The predicted molar refractivity (Wildman–Crippen MR) is 96.6 cm³/mol. The lowest BCUT2D eigenvalue weighted by Gasteiger charge is -2.19. The van der Waals surface area contributed by atoms with Gasteiger partial charge in [-0.2, -0.15) is 0 Å². The molecule has 3 aromatic rings. The molecular formula is C19H18N2O4. The van der Waals surface area contributed by atoms with E-state index in [-0.39, 0.29) is 11.3 Å². The Labute approximate surface area is 144 Å². The third-order valence-corrected chi connectivity index (χ3v) is 4.24. The number of rotatable bonds is 3. The lowest BCUT2D eigenvalue weighted by atomic mass is 10.1. The van der Waals surface area contributed by atoms with Crippen molar-refractivity contribution in [2.45, 2.75) is 0 Å². The number of ether oxygens (including phenoxy) is 1. The van der Waals surface area contributed by atoms with E-state index in [0.29, 0.717) is 22.3 Å². The summed E-state index contributed by atoms with van der Waals surface area (Å²) in [5.41, 5.74) is 0.294. The molecule has 1 N–H and O–H groups in total. The van der Waals surface area contributed by atoms with Crippen molar-refractivity contribution < 1.29 is 14.6 Å². The van der Waals surface area contributed by atoms with Crippen LogP contribution >= 0.6 is 0 Å². The Morgan fingerprint density at radius 2 is 1.84 bits per heavy atom. The third-order valence-electron chi connectivity index (χ3n) is 4.24. The van der Waals surface area contributed by atoms with Gasteiger partial charge in [0.15, 0.2) is 0 Å². The minimum Gasteiger partial charge on any atom is -0.506 e. The van der Waals surface area contributed by atoms with Crippen molar-refractivity contribution in [1.82, 2.24) is 4.57 Å². The molecule has 128 valence electrons. The van der Waals surface area contributed by atoms with Crippen LogP contribution in [0.2, 0.25) is 0 Å². The zero-order chi connectivity index (χ0) is 18.1. The summed E-state index contributed by atoms with van der Waals surface area (Å²) in [5.74, 6) is -0.335. The summed E-state index contributed by atoms with van der Waals surface area (Å²) in [5, 5.41) is 11.0. The Hall–Kier alpha value is -3.28. The fourth-order valence-corrected chi connectivity index (χ4v) is 2.76. The highest BCUT2D eigenvalue weighted by Gasteiger charge is 2.24. The van der Waals surface area contributed by atoms with Crippen LogP contribution in [0.1, 0.15) is 10.4 Å². The number of hydrogen-bond donors (Lipinski definition) is 1. The highest BCUT2D eigenvalue weighted by atomic mass is 16.5. The number of nitrogens with zero attached hydrogens (tertiary/aromatic N) is 2. The molecule has 0 saturated carbocycles. The largest absolute Gasteiger partial charge is 0.506 e. The SMILES string of the molecule is COc1ccc2c(O)c(C(=O)N(C)c3ccccc3)c(=O)n(C)c2c1. The van der Waals surface area contributed by atoms with Gasteiger partial charge in [0, 0.05) is 31.2 Å². The van der Waals surface area contributed by atoms with E-state index < -0.39 is 11.5 Å². The minimum absolute atomic E-state index is 0.258. The van der Waals surface area contributed by atoms with Gasteiger partial charge in [-0.1, -0.05) is 18.2 Å². The lowest BCUT2D eigenvalue weighted by molar-refractivity contribution is 0.0988. The first kappa shape index (κ1) is 16.6. The van der Waals surface area contributed by atoms with E-state index in [9.17, 15) is 14.7 Å². The van der Waals surface area contributed by atoms with Crippen LogP contribution in [0.25, 0.3) is 10.9 Å². The second-order valence-corrected chi connectivity index (χ2v) is 5.67. The van der Waals surface area contributed by atoms with Gasteiger partial charge in [0.25, 0.3) is 11.5 Å². The van der Waals surface area contributed by atoms with Crippen molar-refractivity contribution in [3.8, 4) is 11.5 Å². The summed E-state index contributed by atoms with van der Waals surface area (Å²) in [6, 6.07) is 13.9. The second kappa shape index (κ2) is 6.32. The maximum absolute atomic E-state index is 12.8. The monoisotopic (exact) mass is 338 g/mol. The number of amides is 1. The van der Waals surface area contributed by atoms with Gasteiger partial charge in [-0.05, 0) is 24.3 Å². The number of carbonyl (C=O) groups excluding carboxylic acids is 1. The summed E-state index contributed by atoms with van der Waals surface area (Å²) >= 11 is 0. The Balaban J connectivity index is 2.20. The molecule has 0 aliphatic carbocycles. The van der Waals surface area contributed by atoms with Crippen molar-refractivity contribution in [2.75, 3.05) is 19.1 Å². The van der Waals surface area contributed by atoms with E-state index in [4.69, 9.17) is 4.74 Å². The zero-order valence-electron chi connectivity index (χ0n) is 14.2. The molecule has 0 bridgehead atoms. The van der Waals surface area contributed by atoms with Crippen molar-refractivity contribution in [3.05, 3.63) is 64.4 Å². The Morgan fingerprint density at radius 1 is 1.16 bits per heavy atom. The Morgan fingerprint density at radius 3 is 2.48 bits per heavy atom. The molecule has 1 amide bonds. The molecule has 25 heavy (non-hydrogen) atoms. The summed E-state index contributed by atoms with van der Waals surface area (Å²) in [4.78, 5) is 26.9. The molecule has 0 radical (unpaired) electrons. The van der Waals surface area contributed by atoms with E-state index in [1.807, 2.05) is 6.07 Å². The Bertz CT molecular complexity index is 1010. The van der Waals surface area contributed by atoms with E-state index >= 15 is 0 Å². The minimum atomic E-state index is -0.568. The maximum atomic E-state index is 12.8. The smallest absolute Gasteiger partial charge is 0.267 e. The molecule has 0 unspecified atom stereocenters. The van der Waals surface area contributed by atoms with Crippen molar-refractivity contribution in [3.63, 3.8) is 0 Å². The first-order valence-corrected chi connectivity index (χ1v) is 7.68. The van der Waals surface area contributed by atoms with Crippen LogP contribution < -0.4 is 15.2 Å². The lowest BCUT2D eigenvalue weighted by Crippen LogP contribution is -2.34. The van der Waals surface area contributed by atoms with Crippen LogP contribution in [0.5, 0.6) is 11.5 Å². The molecule has 0 fully saturated rings. The second-order valence-electron chi connectivity index (χ2n) is 5.67. The first-order valence-electron chi connectivity index (χ1n) is 7.68. The average molecular weight is 338 g/mol. The number of fused-ring (bicyclic) bond motifs is 1. The number of methoxy groups -OCH3 is 1. The standard InChI is InChI=1S/C19H18N2O4/c1-20(12-7-5-4-6-8-12)18(23)16-17(22)14-10-9-13(25-3)11-15(14)21(2)19(16)24/h4-11,22H,1-3H3. The molecule has 1 aromatic heterocycles. The fraction of sp³-hybridized carbons (Fsp3) is 0.158. The van der Waals surface area contributed by atoms with Crippen LogP contribution in [0.4, 0.5) is 5.69 Å². The molecular weight excluding hydrogens is 320 g/mol. The van der Waals surface area contributed by atoms with Crippen LogP contribution in [0.3, 0.4) is 0 Å². The highest BCUT2D eigenvalue weighted by Crippen LogP contribution is 2.30. The van der Waals surface area contributed by atoms with Crippen molar-refractivity contribution in [2.24, 2.45) is 7.05 Å². The summed E-state index contributed by atoms with van der Waals surface area (Å²) in [7, 11) is 4.64. The van der Waals surface area contributed by atoms with Gasteiger partial charge in [-0.3, -0.25) is 9.59 Å². The normalized spacial score (nSPS) is 10.7. The summed E-state index contributed by atoms with van der Waals surface area (Å²) in [6.45, 7) is 0. The molecule has 1 heterocycles. The van der Waals surface area contributed by atoms with Gasteiger partial charge in [-0.25, -0.2) is 0 Å². The summed E-state index contributed by atoms with van der Waals surface area (Å²) in [6.07, 6.45) is 0. The number of aromatic nitrogens is 1. The van der Waals surface area contributed by atoms with Gasteiger partial charge in [0.2, 0.25) is 0 Å². The van der Waals surface area contributed by atoms with Crippen LogP contribution in [0.15, 0.2) is 53.3 Å². The molecule has 0 spiro atoms. The molecule has 0 atom stereocenters. The molecule has 2 aromatic carbocycles. The van der Waals surface area contributed by atoms with Crippen LogP contribution in [-0.2, 0) is 7.05 Å². The quantitative estimate of drug-likeness (QED) is 0.796. The highest BCUT2D eigenvalue weighted by molar-refractivity contribution is 6.10. The van der Waals surface area contributed by atoms with Crippen LogP contribution in [-0.4, -0.2) is 29.7 Å². The number of hydrogen-bond acceptors (Lipinski definition) is 4. The topological polar surface area (TPSA) is 71.8 Å². The van der Waals surface area contributed by atoms with Gasteiger partial charge in [0.1, 0.15) is 17.1 Å². The van der Waals surface area contributed by atoms with Gasteiger partial charge >= 0.3 is 0 Å². The number of aromatic hydroxyl groups is 1. The van der Waals surface area contributed by atoms with E-state index in [0.717, 1.165) is 0 Å². The molecule has 6 heteroatoms. The van der Waals surface area contributed by atoms with Gasteiger partial charge in [0.05, 0.1) is 12.6 Å². The summed E-state index contributed by atoms with van der Waals surface area (Å²) < 4.78 is 6.50. The molecule has 0 aliphatic heterocycles. The zero-order valence-corrected chi connectivity index (χ0v) is 14.2. The average Bonchev–Trinajstić information content (AvgIpc) is 2.65. The third kappa shape index (κ3) is 2.71. The number of para-hydroxylation sites is 1. The van der Waals surface area contributed by atoms with Crippen molar-refractivity contribution in [1.29, 1.82) is 0 Å². The van der Waals surface area contributed by atoms with Crippen molar-refractivity contribution >= 4 is 22.5 Å². The Kier molecular flexibility index (Phi) is 4.19. The number of carbonyl (C=O) groups is 1. The number of pyridine rings is 1. The maximum Gasteiger partial charge on any atom is 0.267 e.